The number of rotatable bonds is 3. The summed E-state index contributed by atoms with van der Waals surface area (Å²) >= 11 is 0. The molecular formula is C14H17N3O. The molecule has 0 aliphatic heterocycles. The van der Waals surface area contributed by atoms with Crippen LogP contribution >= 0.6 is 0 Å². The van der Waals surface area contributed by atoms with Crippen molar-refractivity contribution in [2.75, 3.05) is 12.8 Å². The minimum absolute atomic E-state index is 0.0169. The van der Waals surface area contributed by atoms with Crippen molar-refractivity contribution in [2.45, 2.75) is 13.0 Å². The molecule has 0 aliphatic carbocycles. The summed E-state index contributed by atoms with van der Waals surface area (Å²) in [5.41, 5.74) is 7.79. The zero-order valence-corrected chi connectivity index (χ0v) is 10.6. The summed E-state index contributed by atoms with van der Waals surface area (Å²) in [6.45, 7) is 2.00. The topological polar surface area (TPSA) is 62.1 Å². The van der Waals surface area contributed by atoms with E-state index in [-0.39, 0.29) is 11.9 Å². The van der Waals surface area contributed by atoms with Crippen molar-refractivity contribution in [3.05, 3.63) is 53.9 Å². The van der Waals surface area contributed by atoms with Crippen molar-refractivity contribution in [1.82, 2.24) is 9.88 Å². The van der Waals surface area contributed by atoms with Crippen LogP contribution in [-0.4, -0.2) is 22.8 Å². The van der Waals surface area contributed by atoms with E-state index in [1.54, 1.807) is 24.2 Å². The van der Waals surface area contributed by atoms with Gasteiger partial charge in [0.1, 0.15) is 5.69 Å². The van der Waals surface area contributed by atoms with E-state index in [0.717, 1.165) is 5.56 Å². The molecule has 2 rings (SSSR count). The largest absolute Gasteiger partial charge is 0.397 e. The number of benzene rings is 1. The fourth-order valence-electron chi connectivity index (χ4n) is 1.86. The van der Waals surface area contributed by atoms with Gasteiger partial charge < -0.3 is 15.6 Å². The molecule has 4 nitrogen and oxygen atoms in total. The van der Waals surface area contributed by atoms with Crippen LogP contribution in [0.25, 0.3) is 0 Å². The van der Waals surface area contributed by atoms with E-state index < -0.39 is 0 Å². The molecule has 0 aliphatic rings. The van der Waals surface area contributed by atoms with Crippen LogP contribution in [0, 0.1) is 0 Å². The molecule has 1 heterocycles. The second-order valence-electron chi connectivity index (χ2n) is 4.35. The molecule has 0 spiro atoms. The van der Waals surface area contributed by atoms with E-state index in [0.29, 0.717) is 11.4 Å². The number of hydrogen-bond donors (Lipinski definition) is 2. The first-order chi connectivity index (χ1) is 8.59. The van der Waals surface area contributed by atoms with Gasteiger partial charge in [0.15, 0.2) is 0 Å². The number of nitrogens with zero attached hydrogens (tertiary/aromatic N) is 1. The number of nitrogens with one attached hydrogen (secondary N) is 1. The highest BCUT2D eigenvalue weighted by molar-refractivity contribution is 5.93. The number of H-pyrrole nitrogens is 1. The molecule has 1 unspecified atom stereocenters. The van der Waals surface area contributed by atoms with Crippen LogP contribution in [0.15, 0.2) is 42.6 Å². The average Bonchev–Trinajstić information content (AvgIpc) is 2.84. The van der Waals surface area contributed by atoms with Crippen LogP contribution in [0.4, 0.5) is 5.69 Å². The Hall–Kier alpha value is -2.23. The normalized spacial score (nSPS) is 12.1. The molecule has 0 radical (unpaired) electrons. The second-order valence-corrected chi connectivity index (χ2v) is 4.35. The van der Waals surface area contributed by atoms with Crippen LogP contribution < -0.4 is 5.73 Å². The first kappa shape index (κ1) is 12.2. The van der Waals surface area contributed by atoms with Crippen molar-refractivity contribution in [3.8, 4) is 0 Å². The fourth-order valence-corrected chi connectivity index (χ4v) is 1.86. The maximum atomic E-state index is 12.2. The quantitative estimate of drug-likeness (QED) is 0.869. The molecule has 0 bridgehead atoms. The molecule has 18 heavy (non-hydrogen) atoms. The van der Waals surface area contributed by atoms with Crippen molar-refractivity contribution >= 4 is 11.6 Å². The number of nitrogens with two attached hydrogens (primary N) is 1. The van der Waals surface area contributed by atoms with Crippen LogP contribution in [0.3, 0.4) is 0 Å². The predicted molar refractivity (Wildman–Crippen MR) is 72.2 cm³/mol. The molecule has 94 valence electrons. The molecule has 0 saturated heterocycles. The molecule has 0 fully saturated rings. The zero-order chi connectivity index (χ0) is 13.1. The Morgan fingerprint density at radius 2 is 2.00 bits per heavy atom. The monoisotopic (exact) mass is 243 g/mol. The third-order valence-corrected chi connectivity index (χ3v) is 3.12. The standard InChI is InChI=1S/C14H17N3O/c1-10(11-6-4-3-5-7-11)17(2)14(18)13-8-12(15)9-16-13/h3-10,16H,15H2,1-2H3. The van der Waals surface area contributed by atoms with E-state index in [9.17, 15) is 4.79 Å². The number of anilines is 1. The molecule has 1 aromatic carbocycles. The zero-order valence-electron chi connectivity index (χ0n) is 10.6. The number of hydrogen-bond acceptors (Lipinski definition) is 2. The van der Waals surface area contributed by atoms with Crippen molar-refractivity contribution < 1.29 is 4.79 Å². The number of amides is 1. The Balaban J connectivity index is 2.16. The average molecular weight is 243 g/mol. The van der Waals surface area contributed by atoms with Gasteiger partial charge in [-0.15, -0.1) is 0 Å². The molecule has 1 atom stereocenters. The number of aromatic amines is 1. The van der Waals surface area contributed by atoms with Gasteiger partial charge in [0.25, 0.3) is 5.91 Å². The summed E-state index contributed by atoms with van der Waals surface area (Å²) in [4.78, 5) is 16.8. The van der Waals surface area contributed by atoms with Gasteiger partial charge in [-0.25, -0.2) is 0 Å². The van der Waals surface area contributed by atoms with Crippen LogP contribution in [0.5, 0.6) is 0 Å². The lowest BCUT2D eigenvalue weighted by Crippen LogP contribution is -2.29. The summed E-state index contributed by atoms with van der Waals surface area (Å²) in [6, 6.07) is 11.6. The van der Waals surface area contributed by atoms with Crippen molar-refractivity contribution in [2.24, 2.45) is 0 Å². The van der Waals surface area contributed by atoms with E-state index in [2.05, 4.69) is 4.98 Å². The maximum absolute atomic E-state index is 12.2. The van der Waals surface area contributed by atoms with E-state index in [1.807, 2.05) is 37.3 Å². The lowest BCUT2D eigenvalue weighted by molar-refractivity contribution is 0.0737. The summed E-state index contributed by atoms with van der Waals surface area (Å²) in [6.07, 6.45) is 1.62. The SMILES string of the molecule is CC(c1ccccc1)N(C)C(=O)c1cc(N)c[nH]1. The Kier molecular flexibility index (Phi) is 3.37. The Morgan fingerprint density at radius 3 is 2.56 bits per heavy atom. The van der Waals surface area contributed by atoms with Crippen molar-refractivity contribution in [1.29, 1.82) is 0 Å². The second kappa shape index (κ2) is 4.96. The first-order valence-electron chi connectivity index (χ1n) is 5.85. The number of nitrogen functional groups attached to an aromatic ring is 1. The van der Waals surface area contributed by atoms with E-state index >= 15 is 0 Å². The molecule has 3 N–H and O–H groups in total. The lowest BCUT2D eigenvalue weighted by atomic mass is 10.1. The number of carbonyl (C=O) groups excluding carboxylic acids is 1. The van der Waals surface area contributed by atoms with Gasteiger partial charge in [0.05, 0.1) is 6.04 Å². The van der Waals surface area contributed by atoms with Crippen LogP contribution in [0.2, 0.25) is 0 Å². The summed E-state index contributed by atoms with van der Waals surface area (Å²) in [5, 5.41) is 0. The predicted octanol–water partition coefficient (Wildman–Crippen LogP) is 2.43. The molecule has 0 saturated carbocycles. The highest BCUT2D eigenvalue weighted by Gasteiger charge is 2.19. The smallest absolute Gasteiger partial charge is 0.270 e. The minimum atomic E-state index is -0.0666. The highest BCUT2D eigenvalue weighted by Crippen LogP contribution is 2.20. The molecule has 1 amide bonds. The fraction of sp³-hybridized carbons (Fsp3) is 0.214. The number of carbonyl (C=O) groups is 1. The summed E-state index contributed by atoms with van der Waals surface area (Å²) in [5.74, 6) is -0.0666. The minimum Gasteiger partial charge on any atom is -0.397 e. The number of aromatic nitrogens is 1. The Morgan fingerprint density at radius 1 is 1.33 bits per heavy atom. The van der Waals surface area contributed by atoms with E-state index in [1.165, 1.54) is 0 Å². The van der Waals surface area contributed by atoms with Crippen molar-refractivity contribution in [3.63, 3.8) is 0 Å². The molecule has 2 aromatic rings. The van der Waals surface area contributed by atoms with Gasteiger partial charge in [-0.05, 0) is 18.6 Å². The molecular weight excluding hydrogens is 226 g/mol. The maximum Gasteiger partial charge on any atom is 0.270 e. The third kappa shape index (κ3) is 2.37. The Bertz CT molecular complexity index is 533. The van der Waals surface area contributed by atoms with Crippen LogP contribution in [-0.2, 0) is 0 Å². The van der Waals surface area contributed by atoms with Gasteiger partial charge in [0.2, 0.25) is 0 Å². The molecule has 4 heteroatoms. The van der Waals surface area contributed by atoms with Gasteiger partial charge in [0, 0.05) is 18.9 Å². The van der Waals surface area contributed by atoms with Gasteiger partial charge >= 0.3 is 0 Å². The molecule has 1 aromatic heterocycles. The highest BCUT2D eigenvalue weighted by atomic mass is 16.2. The summed E-state index contributed by atoms with van der Waals surface area (Å²) in [7, 11) is 1.79. The first-order valence-corrected chi connectivity index (χ1v) is 5.85. The van der Waals surface area contributed by atoms with Gasteiger partial charge in [-0.2, -0.15) is 0 Å². The third-order valence-electron chi connectivity index (χ3n) is 3.12. The van der Waals surface area contributed by atoms with E-state index in [4.69, 9.17) is 5.73 Å². The summed E-state index contributed by atoms with van der Waals surface area (Å²) < 4.78 is 0. The van der Waals surface area contributed by atoms with Crippen LogP contribution in [0.1, 0.15) is 29.0 Å². The Labute approximate surface area is 106 Å². The van der Waals surface area contributed by atoms with Gasteiger partial charge in [-0.1, -0.05) is 30.3 Å². The lowest BCUT2D eigenvalue weighted by Gasteiger charge is -2.24. The van der Waals surface area contributed by atoms with Gasteiger partial charge in [-0.3, -0.25) is 4.79 Å².